The maximum atomic E-state index is 5.20. The Balaban J connectivity index is 0. The number of rotatable bonds is 2. The second kappa shape index (κ2) is 10.8. The average Bonchev–Trinajstić information content (AvgIpc) is 2.71. The molecule has 1 aromatic heterocycles. The number of hydrogen-bond donors (Lipinski definition) is 0. The van der Waals surface area contributed by atoms with Gasteiger partial charge in [-0.1, -0.05) is 27.7 Å². The summed E-state index contributed by atoms with van der Waals surface area (Å²) in [7, 11) is 0. The van der Waals surface area contributed by atoms with Gasteiger partial charge in [0.1, 0.15) is 5.76 Å². The lowest BCUT2D eigenvalue weighted by Gasteiger charge is -1.81. The maximum absolute atomic E-state index is 5.20. The van der Waals surface area contributed by atoms with E-state index in [1.807, 2.05) is 20.1 Å². The molecule has 0 aliphatic rings. The predicted octanol–water partition coefficient (Wildman–Crippen LogP) is 3.68. The fourth-order valence-corrected chi connectivity index (χ4v) is 0.797. The highest BCUT2D eigenvalue weighted by Crippen LogP contribution is 2.07. The van der Waals surface area contributed by atoms with Crippen LogP contribution in [0.5, 0.6) is 0 Å². The van der Waals surface area contributed by atoms with E-state index in [4.69, 9.17) is 4.42 Å². The molecule has 0 saturated heterocycles. The standard InChI is InChI=1S/C8H12O.C2H6.C2H2/c1-3-7-5-8(4-2)9-6-7;2*1-2/h5-6H,3-4H2,1-2H3;1-2H3;1-2H. The molecule has 0 radical (unpaired) electrons. The largest absolute Gasteiger partial charge is 0.469 e. The van der Waals surface area contributed by atoms with Crippen LogP contribution >= 0.6 is 0 Å². The number of aryl methyl sites for hydroxylation is 2. The van der Waals surface area contributed by atoms with Gasteiger partial charge in [0.25, 0.3) is 0 Å². The molecule has 0 N–H and O–H groups in total. The van der Waals surface area contributed by atoms with Crippen molar-refractivity contribution in [3.8, 4) is 12.8 Å². The second-order valence-electron chi connectivity index (χ2n) is 2.13. The van der Waals surface area contributed by atoms with E-state index < -0.39 is 0 Å². The van der Waals surface area contributed by atoms with Crippen LogP contribution < -0.4 is 0 Å². The third kappa shape index (κ3) is 6.04. The average molecular weight is 180 g/mol. The summed E-state index contributed by atoms with van der Waals surface area (Å²) in [4.78, 5) is 0. The van der Waals surface area contributed by atoms with Crippen LogP contribution in [0.15, 0.2) is 16.7 Å². The van der Waals surface area contributed by atoms with E-state index in [9.17, 15) is 0 Å². The third-order valence-corrected chi connectivity index (χ3v) is 1.46. The molecule has 0 aliphatic carbocycles. The molecule has 0 spiro atoms. The molecular formula is C12H20O. The van der Waals surface area contributed by atoms with Crippen LogP contribution in [0.3, 0.4) is 0 Å². The van der Waals surface area contributed by atoms with Gasteiger partial charge in [0.05, 0.1) is 6.26 Å². The molecule has 1 heterocycles. The Morgan fingerprint density at radius 3 is 1.92 bits per heavy atom. The van der Waals surface area contributed by atoms with E-state index >= 15 is 0 Å². The van der Waals surface area contributed by atoms with Crippen molar-refractivity contribution in [1.29, 1.82) is 0 Å². The Morgan fingerprint density at radius 2 is 1.69 bits per heavy atom. The van der Waals surface area contributed by atoms with Crippen LogP contribution in [-0.4, -0.2) is 0 Å². The number of terminal acetylenes is 1. The first-order valence-electron chi connectivity index (χ1n) is 4.76. The molecule has 0 amide bonds. The molecule has 74 valence electrons. The first-order chi connectivity index (χ1) is 6.36. The van der Waals surface area contributed by atoms with E-state index in [1.165, 1.54) is 5.56 Å². The van der Waals surface area contributed by atoms with Gasteiger partial charge in [-0.25, -0.2) is 0 Å². The molecule has 1 nitrogen and oxygen atoms in total. The van der Waals surface area contributed by atoms with E-state index in [2.05, 4.69) is 32.8 Å². The van der Waals surface area contributed by atoms with Crippen molar-refractivity contribution < 1.29 is 4.42 Å². The van der Waals surface area contributed by atoms with Crippen LogP contribution in [0, 0.1) is 12.8 Å². The molecule has 0 saturated carbocycles. The van der Waals surface area contributed by atoms with Gasteiger partial charge in [-0.05, 0) is 18.1 Å². The lowest BCUT2D eigenvalue weighted by atomic mass is 10.2. The van der Waals surface area contributed by atoms with Crippen molar-refractivity contribution in [1.82, 2.24) is 0 Å². The Morgan fingerprint density at radius 1 is 1.15 bits per heavy atom. The predicted molar refractivity (Wildman–Crippen MR) is 58.7 cm³/mol. The third-order valence-electron chi connectivity index (χ3n) is 1.46. The van der Waals surface area contributed by atoms with E-state index in [1.54, 1.807) is 0 Å². The Labute approximate surface area is 82.2 Å². The van der Waals surface area contributed by atoms with Gasteiger partial charge in [-0.2, -0.15) is 0 Å². The zero-order valence-corrected chi connectivity index (χ0v) is 9.13. The molecule has 1 heteroatoms. The van der Waals surface area contributed by atoms with Crippen LogP contribution in [0.4, 0.5) is 0 Å². The summed E-state index contributed by atoms with van der Waals surface area (Å²) in [5, 5.41) is 0. The Hall–Kier alpha value is -1.16. The van der Waals surface area contributed by atoms with Crippen molar-refractivity contribution in [2.75, 3.05) is 0 Å². The highest BCUT2D eigenvalue weighted by atomic mass is 16.3. The van der Waals surface area contributed by atoms with Crippen LogP contribution in [0.1, 0.15) is 39.0 Å². The van der Waals surface area contributed by atoms with Gasteiger partial charge in [0, 0.05) is 6.42 Å². The van der Waals surface area contributed by atoms with Crippen LogP contribution in [0.25, 0.3) is 0 Å². The smallest absolute Gasteiger partial charge is 0.103 e. The van der Waals surface area contributed by atoms with Gasteiger partial charge < -0.3 is 4.42 Å². The summed E-state index contributed by atoms with van der Waals surface area (Å²) in [6.45, 7) is 8.22. The normalized spacial score (nSPS) is 7.54. The monoisotopic (exact) mass is 180 g/mol. The minimum absolute atomic E-state index is 1.00. The lowest BCUT2D eigenvalue weighted by Crippen LogP contribution is -1.71. The molecular weight excluding hydrogens is 160 g/mol. The molecule has 0 bridgehead atoms. The quantitative estimate of drug-likeness (QED) is 0.633. The highest BCUT2D eigenvalue weighted by Gasteiger charge is 1.94. The van der Waals surface area contributed by atoms with Crippen molar-refractivity contribution in [3.63, 3.8) is 0 Å². The highest BCUT2D eigenvalue weighted by molar-refractivity contribution is 5.12. The van der Waals surface area contributed by atoms with Crippen molar-refractivity contribution >= 4 is 0 Å². The summed E-state index contributed by atoms with van der Waals surface area (Å²) < 4.78 is 5.20. The van der Waals surface area contributed by atoms with E-state index in [0.29, 0.717) is 0 Å². The van der Waals surface area contributed by atoms with Gasteiger partial charge in [-0.15, -0.1) is 12.8 Å². The Bertz CT molecular complexity index is 189. The van der Waals surface area contributed by atoms with E-state index in [-0.39, 0.29) is 0 Å². The van der Waals surface area contributed by atoms with Crippen LogP contribution in [0.2, 0.25) is 0 Å². The SMILES string of the molecule is C#C.CC.CCc1coc(CC)c1. The lowest BCUT2D eigenvalue weighted by molar-refractivity contribution is 0.514. The number of hydrogen-bond acceptors (Lipinski definition) is 1. The van der Waals surface area contributed by atoms with Gasteiger partial charge in [0.2, 0.25) is 0 Å². The topological polar surface area (TPSA) is 13.1 Å². The molecule has 1 aromatic rings. The maximum Gasteiger partial charge on any atom is 0.103 e. The van der Waals surface area contributed by atoms with Gasteiger partial charge in [0.15, 0.2) is 0 Å². The number of furan rings is 1. The fraction of sp³-hybridized carbons (Fsp3) is 0.500. The summed E-state index contributed by atoms with van der Waals surface area (Å²) in [5.74, 6) is 1.09. The molecule has 0 fully saturated rings. The molecule has 0 atom stereocenters. The summed E-state index contributed by atoms with van der Waals surface area (Å²) in [6.07, 6.45) is 11.9. The molecule has 0 unspecified atom stereocenters. The zero-order valence-electron chi connectivity index (χ0n) is 9.13. The van der Waals surface area contributed by atoms with Gasteiger partial charge >= 0.3 is 0 Å². The van der Waals surface area contributed by atoms with Crippen molar-refractivity contribution in [3.05, 3.63) is 23.7 Å². The van der Waals surface area contributed by atoms with Gasteiger partial charge in [-0.3, -0.25) is 0 Å². The summed E-state index contributed by atoms with van der Waals surface area (Å²) in [6, 6.07) is 2.11. The van der Waals surface area contributed by atoms with Crippen molar-refractivity contribution in [2.45, 2.75) is 40.5 Å². The minimum atomic E-state index is 1.00. The molecule has 0 aromatic carbocycles. The molecule has 0 aliphatic heterocycles. The summed E-state index contributed by atoms with van der Waals surface area (Å²) in [5.41, 5.74) is 1.30. The first-order valence-corrected chi connectivity index (χ1v) is 4.76. The second-order valence-corrected chi connectivity index (χ2v) is 2.13. The fourth-order valence-electron chi connectivity index (χ4n) is 0.797. The molecule has 1 rings (SSSR count). The molecule has 13 heavy (non-hydrogen) atoms. The summed E-state index contributed by atoms with van der Waals surface area (Å²) >= 11 is 0. The first kappa shape index (κ1) is 14.4. The van der Waals surface area contributed by atoms with E-state index in [0.717, 1.165) is 18.6 Å². The van der Waals surface area contributed by atoms with Crippen molar-refractivity contribution in [2.24, 2.45) is 0 Å². The van der Waals surface area contributed by atoms with Crippen LogP contribution in [-0.2, 0) is 12.8 Å². The minimum Gasteiger partial charge on any atom is -0.469 e. The Kier molecular flexibility index (Phi) is 12.0. The zero-order chi connectivity index (χ0) is 10.7.